The van der Waals surface area contributed by atoms with Gasteiger partial charge in [0.15, 0.2) is 0 Å². The Morgan fingerprint density at radius 1 is 0.512 bits per heavy atom. The lowest BCUT2D eigenvalue weighted by molar-refractivity contribution is -0.139. The van der Waals surface area contributed by atoms with Crippen molar-refractivity contribution in [1.29, 1.82) is 21.0 Å². The van der Waals surface area contributed by atoms with E-state index in [2.05, 4.69) is 0 Å². The van der Waals surface area contributed by atoms with Crippen molar-refractivity contribution in [3.63, 3.8) is 0 Å². The molecule has 6 rings (SSSR count). The van der Waals surface area contributed by atoms with Gasteiger partial charge in [-0.1, -0.05) is 42.5 Å². The molecule has 0 radical (unpaired) electrons. The zero-order valence-electron chi connectivity index (χ0n) is 20.7. The Balaban J connectivity index is 1.63. The molecule has 192 valence electrons. The van der Waals surface area contributed by atoms with Crippen molar-refractivity contribution in [2.24, 2.45) is 0 Å². The summed E-state index contributed by atoms with van der Waals surface area (Å²) in [4.78, 5) is 0. The summed E-state index contributed by atoms with van der Waals surface area (Å²) in [6.45, 7) is 0. The van der Waals surface area contributed by atoms with Gasteiger partial charge in [0.25, 0.3) is 0 Å². The number of rotatable bonds is 1. The highest BCUT2D eigenvalue weighted by atomic mass is 19.4. The van der Waals surface area contributed by atoms with E-state index in [-0.39, 0.29) is 16.7 Å². The molecule has 2 aliphatic carbocycles. The summed E-state index contributed by atoms with van der Waals surface area (Å²) in [6.07, 6.45) is -4.89. The number of nitrogens with zero attached hydrogens (tertiary/aromatic N) is 4. The molecule has 41 heavy (non-hydrogen) atoms. The second-order valence-corrected chi connectivity index (χ2v) is 9.39. The third-order valence-corrected chi connectivity index (χ3v) is 7.31. The molecular weight excluding hydrogens is 528 g/mol. The summed E-state index contributed by atoms with van der Waals surface area (Å²) in [5.74, 6) is -1.39. The Hall–Kier alpha value is -5.96. The van der Waals surface area contributed by atoms with E-state index in [1.807, 2.05) is 54.6 Å². The first-order valence-corrected chi connectivity index (χ1v) is 12.1. The normalized spacial score (nSPS) is 12.2. The summed E-state index contributed by atoms with van der Waals surface area (Å²) in [5, 5.41) is 39.0. The largest absolute Gasteiger partial charge is 0.419 e. The van der Waals surface area contributed by atoms with Crippen LogP contribution in [-0.2, 0) is 6.18 Å². The summed E-state index contributed by atoms with van der Waals surface area (Å²) in [7, 11) is 0. The Morgan fingerprint density at radius 2 is 0.976 bits per heavy atom. The maximum atomic E-state index is 14.0. The van der Waals surface area contributed by atoms with E-state index >= 15 is 0 Å². The Kier molecular flexibility index (Phi) is 5.60. The minimum Gasteiger partial charge on any atom is -0.206 e. The lowest BCUT2D eigenvalue weighted by Crippen LogP contribution is -2.08. The van der Waals surface area contributed by atoms with E-state index < -0.39 is 17.6 Å². The van der Waals surface area contributed by atoms with Crippen LogP contribution in [0.4, 0.5) is 17.6 Å². The maximum absolute atomic E-state index is 14.0. The standard InChI is InChI=1S/C33H12F4N4/c34-30-8-6-18(10-29(30)33(35,36)37)17-5-7-22-25-12-27-24(11-28(25)32(26(22)9-17)20(15-40)16-41)21-3-1-2-4-23(21)31(27)19(13-38)14-39/h1-12H. The topological polar surface area (TPSA) is 95.2 Å². The molecule has 0 heterocycles. The van der Waals surface area contributed by atoms with Gasteiger partial charge in [-0.2, -0.15) is 34.2 Å². The summed E-state index contributed by atoms with van der Waals surface area (Å²) >= 11 is 0. The van der Waals surface area contributed by atoms with E-state index in [9.17, 15) is 38.6 Å². The number of benzene rings is 4. The fraction of sp³-hybridized carbons (Fsp3) is 0.0303. The van der Waals surface area contributed by atoms with Crippen molar-refractivity contribution in [3.8, 4) is 57.7 Å². The molecule has 4 aromatic carbocycles. The van der Waals surface area contributed by atoms with E-state index in [1.165, 1.54) is 6.07 Å². The SMILES string of the molecule is N#CC(C#N)=C1c2ccccc2-c2cc3c(cc21)-c1ccc(-c2ccc(F)c(C(F)(F)F)c2)cc1C3=C(C#N)C#N. The van der Waals surface area contributed by atoms with Gasteiger partial charge < -0.3 is 0 Å². The Bertz CT molecular complexity index is 2060. The minimum absolute atomic E-state index is 0.0630. The number of alkyl halides is 3. The van der Waals surface area contributed by atoms with E-state index in [0.717, 1.165) is 17.7 Å². The first-order valence-electron chi connectivity index (χ1n) is 12.1. The van der Waals surface area contributed by atoms with Crippen LogP contribution < -0.4 is 0 Å². The molecule has 0 saturated heterocycles. The lowest BCUT2D eigenvalue weighted by atomic mass is 9.93. The van der Waals surface area contributed by atoms with Crippen LogP contribution in [0.25, 0.3) is 44.5 Å². The van der Waals surface area contributed by atoms with Crippen LogP contribution in [0.1, 0.15) is 27.8 Å². The molecule has 0 bridgehead atoms. The Morgan fingerprint density at radius 3 is 1.54 bits per heavy atom. The summed E-state index contributed by atoms with van der Waals surface area (Å²) < 4.78 is 54.2. The van der Waals surface area contributed by atoms with Crippen molar-refractivity contribution in [3.05, 3.63) is 118 Å². The van der Waals surface area contributed by atoms with Gasteiger partial charge in [0.05, 0.1) is 5.56 Å². The molecule has 4 aromatic rings. The van der Waals surface area contributed by atoms with Crippen LogP contribution >= 0.6 is 0 Å². The van der Waals surface area contributed by atoms with Gasteiger partial charge in [-0.05, 0) is 86.0 Å². The number of hydrogen-bond donors (Lipinski definition) is 0. The molecule has 0 aromatic heterocycles. The van der Waals surface area contributed by atoms with Gasteiger partial charge in [-0.3, -0.25) is 0 Å². The molecule has 0 atom stereocenters. The van der Waals surface area contributed by atoms with Gasteiger partial charge in [0, 0.05) is 11.1 Å². The molecule has 2 aliphatic rings. The Labute approximate surface area is 231 Å². The molecule has 0 saturated carbocycles. The predicted octanol–water partition coefficient (Wildman–Crippen LogP) is 8.17. The van der Waals surface area contributed by atoms with Gasteiger partial charge in [0.1, 0.15) is 41.2 Å². The molecule has 0 amide bonds. The number of halogens is 4. The third kappa shape index (κ3) is 3.71. The van der Waals surface area contributed by atoms with Crippen molar-refractivity contribution in [2.45, 2.75) is 6.18 Å². The monoisotopic (exact) mass is 540 g/mol. The average Bonchev–Trinajstić information content (AvgIpc) is 3.45. The van der Waals surface area contributed by atoms with Crippen LogP contribution in [0.3, 0.4) is 0 Å². The molecule has 0 spiro atoms. The highest BCUT2D eigenvalue weighted by Gasteiger charge is 2.35. The van der Waals surface area contributed by atoms with Crippen LogP contribution in [0.5, 0.6) is 0 Å². The van der Waals surface area contributed by atoms with Crippen molar-refractivity contribution in [1.82, 2.24) is 0 Å². The van der Waals surface area contributed by atoms with Gasteiger partial charge in [-0.15, -0.1) is 0 Å². The molecule has 0 aliphatic heterocycles. The van der Waals surface area contributed by atoms with E-state index in [4.69, 9.17) is 0 Å². The smallest absolute Gasteiger partial charge is 0.206 e. The van der Waals surface area contributed by atoms with E-state index in [0.29, 0.717) is 55.7 Å². The van der Waals surface area contributed by atoms with Gasteiger partial charge in [-0.25, -0.2) is 4.39 Å². The van der Waals surface area contributed by atoms with Crippen molar-refractivity contribution in [2.75, 3.05) is 0 Å². The molecule has 4 nitrogen and oxygen atoms in total. The second-order valence-electron chi connectivity index (χ2n) is 9.39. The zero-order chi connectivity index (χ0) is 29.1. The summed E-state index contributed by atoms with van der Waals surface area (Å²) in [5.41, 5.74) is 4.72. The fourth-order valence-corrected chi connectivity index (χ4v) is 5.59. The van der Waals surface area contributed by atoms with Crippen LogP contribution in [0, 0.1) is 51.1 Å². The molecule has 8 heteroatoms. The third-order valence-electron chi connectivity index (χ3n) is 7.31. The molecule has 0 N–H and O–H groups in total. The van der Waals surface area contributed by atoms with E-state index in [1.54, 1.807) is 24.3 Å². The van der Waals surface area contributed by atoms with Crippen LogP contribution in [0.15, 0.2) is 83.9 Å². The quantitative estimate of drug-likeness (QED) is 0.155. The highest BCUT2D eigenvalue weighted by molar-refractivity contribution is 6.11. The molecule has 0 fully saturated rings. The zero-order valence-corrected chi connectivity index (χ0v) is 20.7. The van der Waals surface area contributed by atoms with Crippen molar-refractivity contribution >= 4 is 11.1 Å². The summed E-state index contributed by atoms with van der Waals surface area (Å²) in [6, 6.07) is 26.3. The highest BCUT2D eigenvalue weighted by Crippen LogP contribution is 2.53. The number of fused-ring (bicyclic) bond motifs is 6. The van der Waals surface area contributed by atoms with Gasteiger partial charge >= 0.3 is 6.18 Å². The maximum Gasteiger partial charge on any atom is 0.419 e. The number of hydrogen-bond acceptors (Lipinski definition) is 4. The predicted molar refractivity (Wildman–Crippen MR) is 142 cm³/mol. The lowest BCUT2D eigenvalue weighted by Gasteiger charge is -2.11. The first-order chi connectivity index (χ1) is 19.7. The molecule has 0 unspecified atom stereocenters. The fourth-order valence-electron chi connectivity index (χ4n) is 5.59. The van der Waals surface area contributed by atoms with Gasteiger partial charge in [0.2, 0.25) is 0 Å². The van der Waals surface area contributed by atoms with Crippen molar-refractivity contribution < 1.29 is 17.6 Å². The first kappa shape index (κ1) is 25.3. The molecular formula is C33H12F4N4. The number of nitriles is 4. The van der Waals surface area contributed by atoms with Crippen LogP contribution in [0.2, 0.25) is 0 Å². The minimum atomic E-state index is -4.89. The number of allylic oxidation sites excluding steroid dienone is 2. The second kappa shape index (κ2) is 9.06. The van der Waals surface area contributed by atoms with Crippen LogP contribution in [-0.4, -0.2) is 0 Å². The average molecular weight is 540 g/mol.